The van der Waals surface area contributed by atoms with E-state index in [4.69, 9.17) is 10.5 Å². The summed E-state index contributed by atoms with van der Waals surface area (Å²) in [5.41, 5.74) is 8.70. The zero-order valence-corrected chi connectivity index (χ0v) is 10.5. The van der Waals surface area contributed by atoms with Crippen molar-refractivity contribution in [3.63, 3.8) is 0 Å². The molecule has 5 nitrogen and oxygen atoms in total. The Balaban J connectivity index is 2.48. The molecule has 0 aliphatic heterocycles. The van der Waals surface area contributed by atoms with Gasteiger partial charge in [-0.05, 0) is 25.2 Å². The lowest BCUT2D eigenvalue weighted by molar-refractivity contribution is 0.307. The maximum atomic E-state index is 10.9. The smallest absolute Gasteiger partial charge is 0.120 e. The van der Waals surface area contributed by atoms with Gasteiger partial charge < -0.3 is 20.9 Å². The highest BCUT2D eigenvalue weighted by Gasteiger charge is 1.93. The van der Waals surface area contributed by atoms with Gasteiger partial charge in [-0.1, -0.05) is 17.9 Å². The summed E-state index contributed by atoms with van der Waals surface area (Å²) in [5.74, 6) is 6.68. The van der Waals surface area contributed by atoms with Crippen LogP contribution in [-0.2, 0) is 0 Å². The van der Waals surface area contributed by atoms with Crippen LogP contribution in [0, 0.1) is 17.0 Å². The van der Waals surface area contributed by atoms with Crippen LogP contribution in [0.4, 0.5) is 0 Å². The number of rotatable bonds is 6. The van der Waals surface area contributed by atoms with Gasteiger partial charge >= 0.3 is 0 Å². The second-order valence-electron chi connectivity index (χ2n) is 3.54. The van der Waals surface area contributed by atoms with Gasteiger partial charge in [0.15, 0.2) is 0 Å². The Hall–Kier alpha value is -1.58. The summed E-state index contributed by atoms with van der Waals surface area (Å²) < 4.78 is 5.40. The Morgan fingerprint density at radius 3 is 3.06 bits per heavy atom. The topological polar surface area (TPSA) is 73.6 Å². The second kappa shape index (κ2) is 8.50. The average molecular weight is 248 g/mol. The fraction of sp³-hybridized carbons (Fsp3) is 0.385. The van der Waals surface area contributed by atoms with Gasteiger partial charge in [-0.15, -0.1) is 0 Å². The van der Waals surface area contributed by atoms with E-state index in [2.05, 4.69) is 17.3 Å². The average Bonchev–Trinajstić information content (AvgIpc) is 2.41. The van der Waals surface area contributed by atoms with Gasteiger partial charge in [0.2, 0.25) is 0 Å². The highest BCUT2D eigenvalue weighted by molar-refractivity contribution is 5.39. The van der Waals surface area contributed by atoms with Crippen molar-refractivity contribution in [1.82, 2.24) is 10.6 Å². The monoisotopic (exact) mass is 248 g/mol. The van der Waals surface area contributed by atoms with Crippen LogP contribution in [0.15, 0.2) is 24.3 Å². The van der Waals surface area contributed by atoms with Gasteiger partial charge in [0, 0.05) is 25.1 Å². The predicted molar refractivity (Wildman–Crippen MR) is 71.6 cm³/mol. The molecule has 0 spiro atoms. The SMILES string of the molecule is CNN([O-])CCC#Cc1cccc(OCCN)c1. The fourth-order valence-corrected chi connectivity index (χ4v) is 1.27. The maximum Gasteiger partial charge on any atom is 0.120 e. The van der Waals surface area contributed by atoms with Gasteiger partial charge in [-0.3, -0.25) is 5.43 Å². The van der Waals surface area contributed by atoms with Crippen molar-refractivity contribution in [3.8, 4) is 17.6 Å². The first-order chi connectivity index (χ1) is 8.76. The van der Waals surface area contributed by atoms with Gasteiger partial charge in [-0.2, -0.15) is 0 Å². The fourth-order valence-electron chi connectivity index (χ4n) is 1.27. The molecule has 0 unspecified atom stereocenters. The number of nitrogens with two attached hydrogens (primary N) is 1. The molecule has 0 bridgehead atoms. The van der Waals surface area contributed by atoms with Crippen molar-refractivity contribution < 1.29 is 4.74 Å². The summed E-state index contributed by atoms with van der Waals surface area (Å²) in [6, 6.07) is 7.50. The summed E-state index contributed by atoms with van der Waals surface area (Å²) in [5, 5.41) is 11.6. The summed E-state index contributed by atoms with van der Waals surface area (Å²) >= 11 is 0. The number of nitrogens with zero attached hydrogens (tertiary/aromatic N) is 1. The van der Waals surface area contributed by atoms with Crippen molar-refractivity contribution in [1.29, 1.82) is 0 Å². The molecule has 0 aliphatic rings. The first kappa shape index (κ1) is 14.5. The molecule has 0 radical (unpaired) electrons. The van der Waals surface area contributed by atoms with E-state index in [0.717, 1.165) is 16.5 Å². The van der Waals surface area contributed by atoms with Gasteiger partial charge in [0.05, 0.1) is 0 Å². The van der Waals surface area contributed by atoms with Crippen LogP contribution in [0.3, 0.4) is 0 Å². The summed E-state index contributed by atoms with van der Waals surface area (Å²) in [7, 11) is 1.58. The predicted octanol–water partition coefficient (Wildman–Crippen LogP) is 0.700. The molecular weight excluding hydrogens is 230 g/mol. The lowest BCUT2D eigenvalue weighted by atomic mass is 10.2. The summed E-state index contributed by atoms with van der Waals surface area (Å²) in [6.07, 6.45) is 0.512. The normalized spacial score (nSPS) is 10.0. The van der Waals surface area contributed by atoms with Crippen molar-refractivity contribution >= 4 is 0 Å². The number of benzene rings is 1. The quantitative estimate of drug-likeness (QED) is 0.572. The number of hydroxylamine groups is 1. The lowest BCUT2D eigenvalue weighted by Crippen LogP contribution is -2.29. The van der Waals surface area contributed by atoms with Crippen molar-refractivity contribution in [2.45, 2.75) is 6.42 Å². The molecule has 1 rings (SSSR count). The van der Waals surface area contributed by atoms with Gasteiger partial charge in [-0.25, -0.2) is 0 Å². The van der Waals surface area contributed by atoms with Crippen LogP contribution in [0.2, 0.25) is 0 Å². The standard InChI is InChI=1S/C13H18N3O2/c1-15-16(17)9-3-2-5-12-6-4-7-13(11-12)18-10-8-14/h4,6-7,11,15H,3,8-10,14H2,1H3/q-1. The largest absolute Gasteiger partial charge is 0.772 e. The van der Waals surface area contributed by atoms with E-state index in [1.807, 2.05) is 24.3 Å². The third kappa shape index (κ3) is 5.66. The summed E-state index contributed by atoms with van der Waals surface area (Å²) in [6.45, 7) is 1.32. The number of hydrogen-bond donors (Lipinski definition) is 2. The zero-order valence-electron chi connectivity index (χ0n) is 10.5. The third-order valence-electron chi connectivity index (χ3n) is 2.14. The molecule has 98 valence electrons. The van der Waals surface area contributed by atoms with Crippen molar-refractivity contribution in [3.05, 3.63) is 35.0 Å². The third-order valence-corrected chi connectivity index (χ3v) is 2.14. The molecule has 0 atom stereocenters. The Labute approximate surface area is 107 Å². The van der Waals surface area contributed by atoms with Crippen molar-refractivity contribution in [2.75, 3.05) is 26.7 Å². The van der Waals surface area contributed by atoms with Gasteiger partial charge in [0.1, 0.15) is 12.4 Å². The molecule has 0 amide bonds. The van der Waals surface area contributed by atoms with E-state index in [1.54, 1.807) is 7.05 Å². The molecule has 0 fully saturated rings. The van der Waals surface area contributed by atoms with Crippen LogP contribution in [-0.4, -0.2) is 31.9 Å². The van der Waals surface area contributed by atoms with Crippen LogP contribution in [0.25, 0.3) is 0 Å². The molecule has 0 aromatic heterocycles. The number of hydrogen-bond acceptors (Lipinski definition) is 5. The minimum absolute atomic E-state index is 0.340. The van der Waals surface area contributed by atoms with Crippen LogP contribution >= 0.6 is 0 Å². The molecule has 0 saturated carbocycles. The molecule has 1 aromatic carbocycles. The van der Waals surface area contributed by atoms with Gasteiger partial charge in [0.25, 0.3) is 0 Å². The Morgan fingerprint density at radius 2 is 2.33 bits per heavy atom. The molecule has 3 N–H and O–H groups in total. The second-order valence-corrected chi connectivity index (χ2v) is 3.54. The number of ether oxygens (including phenoxy) is 1. The number of nitrogens with one attached hydrogen (secondary N) is 1. The van der Waals surface area contributed by atoms with Crippen LogP contribution in [0.1, 0.15) is 12.0 Å². The highest BCUT2D eigenvalue weighted by atomic mass is 16.5. The molecule has 0 heterocycles. The zero-order chi connectivity index (χ0) is 13.2. The van der Waals surface area contributed by atoms with E-state index < -0.39 is 0 Å². The highest BCUT2D eigenvalue weighted by Crippen LogP contribution is 2.12. The maximum absolute atomic E-state index is 10.9. The Kier molecular flexibility index (Phi) is 6.84. The molecule has 1 aromatic rings. The molecule has 0 aliphatic carbocycles. The van der Waals surface area contributed by atoms with E-state index in [9.17, 15) is 5.21 Å². The number of hydrazine groups is 1. The van der Waals surface area contributed by atoms with Crippen LogP contribution < -0.4 is 15.9 Å². The van der Waals surface area contributed by atoms with E-state index >= 15 is 0 Å². The lowest BCUT2D eigenvalue weighted by Gasteiger charge is -2.24. The van der Waals surface area contributed by atoms with E-state index in [-0.39, 0.29) is 0 Å². The van der Waals surface area contributed by atoms with E-state index in [1.165, 1.54) is 0 Å². The van der Waals surface area contributed by atoms with Crippen LogP contribution in [0.5, 0.6) is 5.75 Å². The van der Waals surface area contributed by atoms with Crippen molar-refractivity contribution in [2.24, 2.45) is 5.73 Å². The first-order valence-electron chi connectivity index (χ1n) is 5.80. The molecule has 0 saturated heterocycles. The minimum atomic E-state index is 0.340. The first-order valence-corrected chi connectivity index (χ1v) is 5.80. The van der Waals surface area contributed by atoms with E-state index in [0.29, 0.717) is 26.1 Å². The molecular formula is C13H18N3O2-. The molecule has 5 heteroatoms. The Bertz CT molecular complexity index is 412. The summed E-state index contributed by atoms with van der Waals surface area (Å²) in [4.78, 5) is 0. The minimum Gasteiger partial charge on any atom is -0.772 e. The Morgan fingerprint density at radius 1 is 1.50 bits per heavy atom. The molecule has 18 heavy (non-hydrogen) atoms.